The van der Waals surface area contributed by atoms with Gasteiger partial charge < -0.3 is 15.1 Å². The normalized spacial score (nSPS) is 15.4. The van der Waals surface area contributed by atoms with Gasteiger partial charge in [0.1, 0.15) is 5.69 Å². The van der Waals surface area contributed by atoms with Crippen LogP contribution in [0.1, 0.15) is 28.9 Å². The Morgan fingerprint density at radius 2 is 1.69 bits per heavy atom. The number of nitrogens with one attached hydrogen (secondary N) is 1. The Balaban J connectivity index is 1.31. The Hall–Kier alpha value is -3.34. The van der Waals surface area contributed by atoms with Crippen LogP contribution >= 0.6 is 0 Å². The van der Waals surface area contributed by atoms with Gasteiger partial charge in [0.05, 0.1) is 0 Å². The van der Waals surface area contributed by atoms with Gasteiger partial charge in [-0.1, -0.05) is 18.2 Å². The lowest BCUT2D eigenvalue weighted by Crippen LogP contribution is -2.18. The average molecular weight is 384 g/mol. The summed E-state index contributed by atoms with van der Waals surface area (Å²) in [5, 5.41) is 2.97. The van der Waals surface area contributed by atoms with Crippen LogP contribution in [0.2, 0.25) is 0 Å². The van der Waals surface area contributed by atoms with Gasteiger partial charge in [-0.25, -0.2) is 0 Å². The summed E-state index contributed by atoms with van der Waals surface area (Å²) < 4.78 is 0. The van der Waals surface area contributed by atoms with Crippen LogP contribution in [0.4, 0.5) is 22.7 Å². The molecule has 0 spiro atoms. The molecule has 5 rings (SSSR count). The van der Waals surface area contributed by atoms with Crippen molar-refractivity contribution in [3.63, 3.8) is 0 Å². The molecule has 1 fully saturated rings. The van der Waals surface area contributed by atoms with Crippen molar-refractivity contribution in [3.05, 3.63) is 78.1 Å². The van der Waals surface area contributed by atoms with E-state index in [4.69, 9.17) is 0 Å². The second kappa shape index (κ2) is 7.59. The van der Waals surface area contributed by atoms with Gasteiger partial charge in [0.25, 0.3) is 5.91 Å². The standard InChI is InChI=1S/C24H24N4O/c29-24(26-19-7-9-20(10-8-19)27-14-3-4-15-27)22-17-21(11-13-25-22)28-16-12-18-5-1-2-6-23(18)28/h1-2,5-11,13,17H,3-4,12,14-16H2,(H,26,29). The molecule has 0 aliphatic carbocycles. The molecule has 5 heteroatoms. The molecule has 29 heavy (non-hydrogen) atoms. The van der Waals surface area contributed by atoms with E-state index in [1.807, 2.05) is 24.3 Å². The fraction of sp³-hybridized carbons (Fsp3) is 0.250. The number of fused-ring (bicyclic) bond motifs is 1. The Morgan fingerprint density at radius 1 is 0.897 bits per heavy atom. The summed E-state index contributed by atoms with van der Waals surface area (Å²) in [6.45, 7) is 3.15. The molecule has 3 heterocycles. The van der Waals surface area contributed by atoms with Crippen molar-refractivity contribution in [3.8, 4) is 0 Å². The molecule has 0 radical (unpaired) electrons. The molecule has 0 atom stereocenters. The van der Waals surface area contributed by atoms with Crippen LogP contribution in [0.5, 0.6) is 0 Å². The molecule has 3 aromatic rings. The predicted molar refractivity (Wildman–Crippen MR) is 117 cm³/mol. The van der Waals surface area contributed by atoms with Crippen molar-refractivity contribution < 1.29 is 4.79 Å². The molecule has 0 saturated carbocycles. The van der Waals surface area contributed by atoms with Gasteiger partial charge in [0.15, 0.2) is 0 Å². The van der Waals surface area contributed by atoms with Crippen LogP contribution in [-0.2, 0) is 6.42 Å². The molecule has 146 valence electrons. The fourth-order valence-electron chi connectivity index (χ4n) is 4.24. The highest BCUT2D eigenvalue weighted by molar-refractivity contribution is 6.03. The monoisotopic (exact) mass is 384 g/mol. The summed E-state index contributed by atoms with van der Waals surface area (Å²) in [5.74, 6) is -0.187. The second-order valence-electron chi connectivity index (χ2n) is 7.62. The van der Waals surface area contributed by atoms with E-state index < -0.39 is 0 Å². The molecule has 1 aromatic heterocycles. The smallest absolute Gasteiger partial charge is 0.274 e. The number of hydrogen-bond donors (Lipinski definition) is 1. The third-order valence-electron chi connectivity index (χ3n) is 5.77. The first-order valence-electron chi connectivity index (χ1n) is 10.3. The number of pyridine rings is 1. The van der Waals surface area contributed by atoms with E-state index in [9.17, 15) is 4.79 Å². The second-order valence-corrected chi connectivity index (χ2v) is 7.62. The Morgan fingerprint density at radius 3 is 2.52 bits per heavy atom. The Labute approximate surface area is 171 Å². The summed E-state index contributed by atoms with van der Waals surface area (Å²) in [7, 11) is 0. The highest BCUT2D eigenvalue weighted by Crippen LogP contribution is 2.34. The van der Waals surface area contributed by atoms with E-state index in [2.05, 4.69) is 56.5 Å². The number of aromatic nitrogens is 1. The lowest BCUT2D eigenvalue weighted by Gasteiger charge is -2.20. The van der Waals surface area contributed by atoms with Crippen LogP contribution < -0.4 is 15.1 Å². The molecular formula is C24H24N4O. The number of carbonyl (C=O) groups is 1. The molecule has 1 N–H and O–H groups in total. The first kappa shape index (κ1) is 17.7. The summed E-state index contributed by atoms with van der Waals surface area (Å²) in [6, 6.07) is 20.3. The zero-order valence-corrected chi connectivity index (χ0v) is 16.3. The molecule has 1 amide bonds. The highest BCUT2D eigenvalue weighted by atomic mass is 16.1. The summed E-state index contributed by atoms with van der Waals surface area (Å²) in [4.78, 5) is 21.7. The molecule has 2 aliphatic rings. The number of rotatable bonds is 4. The van der Waals surface area contributed by atoms with Crippen molar-refractivity contribution in [1.29, 1.82) is 0 Å². The first-order valence-corrected chi connectivity index (χ1v) is 10.3. The van der Waals surface area contributed by atoms with Gasteiger partial charge in [-0.2, -0.15) is 0 Å². The van der Waals surface area contributed by atoms with Gasteiger partial charge >= 0.3 is 0 Å². The van der Waals surface area contributed by atoms with Crippen molar-refractivity contribution in [1.82, 2.24) is 4.98 Å². The Kier molecular flexibility index (Phi) is 4.64. The molecular weight excluding hydrogens is 360 g/mol. The van der Waals surface area contributed by atoms with E-state index in [1.54, 1.807) is 6.20 Å². The molecule has 0 unspecified atom stereocenters. The minimum atomic E-state index is -0.187. The van der Waals surface area contributed by atoms with Crippen molar-refractivity contribution >= 4 is 28.7 Å². The first-order chi connectivity index (χ1) is 14.3. The minimum absolute atomic E-state index is 0.187. The largest absolute Gasteiger partial charge is 0.372 e. The number of amides is 1. The summed E-state index contributed by atoms with van der Waals surface area (Å²) in [5.41, 5.74) is 5.98. The summed E-state index contributed by atoms with van der Waals surface area (Å²) in [6.07, 6.45) is 5.23. The van der Waals surface area contributed by atoms with Crippen LogP contribution in [0.3, 0.4) is 0 Å². The van der Waals surface area contributed by atoms with Gasteiger partial charge in [-0.05, 0) is 67.3 Å². The SMILES string of the molecule is O=C(Nc1ccc(N2CCCC2)cc1)c1cc(N2CCc3ccccc32)ccn1. The van der Waals surface area contributed by atoms with E-state index in [0.717, 1.165) is 37.4 Å². The van der Waals surface area contributed by atoms with Gasteiger partial charge in [-0.15, -0.1) is 0 Å². The minimum Gasteiger partial charge on any atom is -0.372 e. The maximum atomic E-state index is 12.8. The van der Waals surface area contributed by atoms with E-state index in [1.165, 1.54) is 29.8 Å². The van der Waals surface area contributed by atoms with Crippen LogP contribution in [0, 0.1) is 0 Å². The van der Waals surface area contributed by atoms with E-state index in [-0.39, 0.29) is 5.91 Å². The topological polar surface area (TPSA) is 48.5 Å². The van der Waals surface area contributed by atoms with Crippen LogP contribution in [0.25, 0.3) is 0 Å². The average Bonchev–Trinajstić information content (AvgIpc) is 3.45. The zero-order chi connectivity index (χ0) is 19.6. The van der Waals surface area contributed by atoms with E-state index >= 15 is 0 Å². The lowest BCUT2D eigenvalue weighted by molar-refractivity contribution is 0.102. The van der Waals surface area contributed by atoms with Crippen molar-refractivity contribution in [2.45, 2.75) is 19.3 Å². The number of benzene rings is 2. The molecule has 1 saturated heterocycles. The van der Waals surface area contributed by atoms with Gasteiger partial charge in [0, 0.05) is 48.6 Å². The number of hydrogen-bond acceptors (Lipinski definition) is 4. The third-order valence-corrected chi connectivity index (χ3v) is 5.77. The van der Waals surface area contributed by atoms with Gasteiger partial charge in [0.2, 0.25) is 0 Å². The quantitative estimate of drug-likeness (QED) is 0.713. The van der Waals surface area contributed by atoms with Crippen molar-refractivity contribution in [2.24, 2.45) is 0 Å². The maximum Gasteiger partial charge on any atom is 0.274 e. The number of nitrogens with zero attached hydrogens (tertiary/aromatic N) is 3. The molecule has 0 bridgehead atoms. The molecule has 2 aliphatic heterocycles. The zero-order valence-electron chi connectivity index (χ0n) is 16.3. The van der Waals surface area contributed by atoms with E-state index in [0.29, 0.717) is 5.69 Å². The fourth-order valence-corrected chi connectivity index (χ4v) is 4.24. The predicted octanol–water partition coefficient (Wildman–Crippen LogP) is 4.63. The molecule has 2 aromatic carbocycles. The molecule has 5 nitrogen and oxygen atoms in total. The lowest BCUT2D eigenvalue weighted by atomic mass is 10.2. The highest BCUT2D eigenvalue weighted by Gasteiger charge is 2.21. The number of carbonyl (C=O) groups excluding carboxylic acids is 1. The summed E-state index contributed by atoms with van der Waals surface area (Å²) >= 11 is 0. The maximum absolute atomic E-state index is 12.8. The number of para-hydroxylation sites is 1. The van der Waals surface area contributed by atoms with Crippen LogP contribution in [-0.4, -0.2) is 30.5 Å². The van der Waals surface area contributed by atoms with Gasteiger partial charge in [-0.3, -0.25) is 9.78 Å². The Bertz CT molecular complexity index is 1030. The van der Waals surface area contributed by atoms with Crippen molar-refractivity contribution in [2.75, 3.05) is 34.8 Å². The van der Waals surface area contributed by atoms with Crippen LogP contribution in [0.15, 0.2) is 66.9 Å². The number of anilines is 4. The third kappa shape index (κ3) is 3.56.